The van der Waals surface area contributed by atoms with E-state index in [0.29, 0.717) is 5.57 Å². The van der Waals surface area contributed by atoms with Gasteiger partial charge in [-0.25, -0.2) is 4.39 Å². The van der Waals surface area contributed by atoms with E-state index in [0.717, 1.165) is 0 Å². The topological polar surface area (TPSA) is 23.8 Å². The summed E-state index contributed by atoms with van der Waals surface area (Å²) in [6.07, 6.45) is 1.35. The summed E-state index contributed by atoms with van der Waals surface area (Å²) >= 11 is 0. The van der Waals surface area contributed by atoms with Crippen LogP contribution in [0.2, 0.25) is 0 Å². The summed E-state index contributed by atoms with van der Waals surface area (Å²) in [4.78, 5) is 0. The van der Waals surface area contributed by atoms with Crippen molar-refractivity contribution in [3.63, 3.8) is 0 Å². The molecule has 0 aliphatic carbocycles. The lowest BCUT2D eigenvalue weighted by molar-refractivity contribution is 0.662. The predicted molar refractivity (Wildman–Crippen MR) is 38.8 cm³/mol. The van der Waals surface area contributed by atoms with Gasteiger partial charge in [-0.2, -0.15) is 5.26 Å². The zero-order valence-corrected chi connectivity index (χ0v) is 5.82. The van der Waals surface area contributed by atoms with Crippen LogP contribution < -0.4 is 0 Å². The lowest BCUT2D eigenvalue weighted by Gasteiger charge is -1.89. The smallest absolute Gasteiger partial charge is 0.133 e. The van der Waals surface area contributed by atoms with E-state index in [1.54, 1.807) is 13.0 Å². The Hall–Kier alpha value is -1.36. The minimum absolute atomic E-state index is 0.0625. The Labute approximate surface area is 59.8 Å². The highest BCUT2D eigenvalue weighted by Gasteiger charge is 1.97. The van der Waals surface area contributed by atoms with E-state index in [1.165, 1.54) is 6.08 Å². The second-order valence-electron chi connectivity index (χ2n) is 1.92. The Bertz CT molecular complexity index is 230. The minimum Gasteiger partial charge on any atom is -0.206 e. The largest absolute Gasteiger partial charge is 0.206 e. The Morgan fingerprint density at radius 1 is 1.60 bits per heavy atom. The van der Waals surface area contributed by atoms with Gasteiger partial charge < -0.3 is 0 Å². The number of allylic oxidation sites excluding steroid dienone is 4. The predicted octanol–water partition coefficient (Wildman–Crippen LogP) is 2.50. The number of halogens is 1. The molecule has 0 radical (unpaired) electrons. The summed E-state index contributed by atoms with van der Waals surface area (Å²) in [6, 6.07) is 1.66. The van der Waals surface area contributed by atoms with Crippen LogP contribution in [0.4, 0.5) is 4.39 Å². The first-order valence-electron chi connectivity index (χ1n) is 2.70. The van der Waals surface area contributed by atoms with Crippen molar-refractivity contribution in [2.24, 2.45) is 0 Å². The van der Waals surface area contributed by atoms with Gasteiger partial charge in [-0.1, -0.05) is 18.7 Å². The van der Waals surface area contributed by atoms with Gasteiger partial charge in [-0.05, 0) is 13.0 Å². The van der Waals surface area contributed by atoms with Crippen LogP contribution in [0, 0.1) is 11.3 Å². The molecule has 0 rings (SSSR count). The Balaban J connectivity index is 4.55. The van der Waals surface area contributed by atoms with Crippen LogP contribution in [-0.4, -0.2) is 0 Å². The van der Waals surface area contributed by atoms with Gasteiger partial charge in [0.2, 0.25) is 0 Å². The van der Waals surface area contributed by atoms with Crippen LogP contribution in [0.1, 0.15) is 6.92 Å². The van der Waals surface area contributed by atoms with Crippen LogP contribution in [0.3, 0.4) is 0 Å². The highest BCUT2D eigenvalue weighted by atomic mass is 19.1. The Kier molecular flexibility index (Phi) is 3.13. The van der Waals surface area contributed by atoms with Crippen molar-refractivity contribution < 1.29 is 4.39 Å². The van der Waals surface area contributed by atoms with Crippen molar-refractivity contribution in [2.75, 3.05) is 0 Å². The molecule has 0 N–H and O–H groups in total. The zero-order chi connectivity index (χ0) is 8.15. The molecular weight excluding hydrogens is 129 g/mol. The highest BCUT2D eigenvalue weighted by Crippen LogP contribution is 2.09. The van der Waals surface area contributed by atoms with Gasteiger partial charge in [0.05, 0.1) is 5.57 Å². The van der Waals surface area contributed by atoms with Gasteiger partial charge in [-0.15, -0.1) is 0 Å². The van der Waals surface area contributed by atoms with Crippen LogP contribution in [-0.2, 0) is 0 Å². The lowest BCUT2D eigenvalue weighted by Crippen LogP contribution is -1.77. The fourth-order valence-electron chi connectivity index (χ4n) is 0.418. The summed E-state index contributed by atoms with van der Waals surface area (Å²) in [6.45, 7) is 8.15. The average molecular weight is 137 g/mol. The maximum absolute atomic E-state index is 12.2. The molecule has 0 aliphatic heterocycles. The van der Waals surface area contributed by atoms with E-state index >= 15 is 0 Å². The summed E-state index contributed by atoms with van der Waals surface area (Å²) in [7, 11) is 0. The van der Waals surface area contributed by atoms with Crippen LogP contribution in [0.15, 0.2) is 36.2 Å². The van der Waals surface area contributed by atoms with Gasteiger partial charge in [0.15, 0.2) is 0 Å². The number of nitriles is 1. The second-order valence-corrected chi connectivity index (χ2v) is 1.92. The van der Waals surface area contributed by atoms with Crippen molar-refractivity contribution in [3.8, 4) is 6.07 Å². The first kappa shape index (κ1) is 8.64. The molecule has 0 fully saturated rings. The third kappa shape index (κ3) is 2.83. The van der Waals surface area contributed by atoms with Crippen molar-refractivity contribution >= 4 is 0 Å². The third-order valence-electron chi connectivity index (χ3n) is 0.803. The first-order chi connectivity index (χ1) is 4.57. The zero-order valence-electron chi connectivity index (χ0n) is 5.82. The van der Waals surface area contributed by atoms with Crippen molar-refractivity contribution in [3.05, 3.63) is 36.2 Å². The van der Waals surface area contributed by atoms with Crippen molar-refractivity contribution in [1.29, 1.82) is 5.26 Å². The van der Waals surface area contributed by atoms with Crippen LogP contribution >= 0.6 is 0 Å². The van der Waals surface area contributed by atoms with Crippen LogP contribution in [0.25, 0.3) is 0 Å². The van der Waals surface area contributed by atoms with Crippen molar-refractivity contribution in [1.82, 2.24) is 0 Å². The van der Waals surface area contributed by atoms with E-state index in [9.17, 15) is 4.39 Å². The molecule has 0 saturated heterocycles. The molecule has 0 aromatic rings. The maximum atomic E-state index is 12.2. The quantitative estimate of drug-likeness (QED) is 0.423. The molecule has 0 spiro atoms. The van der Waals surface area contributed by atoms with E-state index in [-0.39, 0.29) is 5.57 Å². The molecule has 0 aromatic carbocycles. The number of hydrogen-bond acceptors (Lipinski definition) is 1. The Morgan fingerprint density at radius 3 is 2.20 bits per heavy atom. The third-order valence-corrected chi connectivity index (χ3v) is 0.803. The molecule has 0 saturated carbocycles. The monoisotopic (exact) mass is 137 g/mol. The van der Waals surface area contributed by atoms with Gasteiger partial charge in [0, 0.05) is 0 Å². The van der Waals surface area contributed by atoms with Gasteiger partial charge in [0.25, 0.3) is 0 Å². The van der Waals surface area contributed by atoms with Crippen LogP contribution in [0.5, 0.6) is 0 Å². The second kappa shape index (κ2) is 3.62. The maximum Gasteiger partial charge on any atom is 0.133 e. The molecule has 0 aromatic heterocycles. The molecule has 1 nitrogen and oxygen atoms in total. The van der Waals surface area contributed by atoms with E-state index in [1.807, 2.05) is 0 Å². The molecule has 0 heterocycles. The van der Waals surface area contributed by atoms with E-state index in [4.69, 9.17) is 5.26 Å². The molecule has 0 atom stereocenters. The van der Waals surface area contributed by atoms with E-state index in [2.05, 4.69) is 13.2 Å². The fraction of sp³-hybridized carbons (Fsp3) is 0.125. The molecule has 10 heavy (non-hydrogen) atoms. The van der Waals surface area contributed by atoms with Gasteiger partial charge in [0.1, 0.15) is 11.9 Å². The summed E-state index contributed by atoms with van der Waals surface area (Å²) < 4.78 is 12.2. The molecule has 0 bridgehead atoms. The molecule has 0 aliphatic rings. The molecule has 0 unspecified atom stereocenters. The number of nitrogens with zero attached hydrogens (tertiary/aromatic N) is 1. The van der Waals surface area contributed by atoms with Crippen molar-refractivity contribution in [2.45, 2.75) is 6.92 Å². The Morgan fingerprint density at radius 2 is 2.10 bits per heavy atom. The average Bonchev–Trinajstić information content (AvgIpc) is 1.81. The first-order valence-corrected chi connectivity index (χ1v) is 2.70. The summed E-state index contributed by atoms with van der Waals surface area (Å²) in [5.41, 5.74) is 0.572. The van der Waals surface area contributed by atoms with Gasteiger partial charge >= 0.3 is 0 Å². The van der Waals surface area contributed by atoms with E-state index < -0.39 is 5.83 Å². The molecule has 2 heteroatoms. The molecular formula is C8H8FN. The van der Waals surface area contributed by atoms with Gasteiger partial charge in [-0.3, -0.25) is 0 Å². The standard InChI is InChI=1S/C8H8FN/c1-6(2)4-8(5-10)7(3)9/h4H,1,3H2,2H3/b8-4-. The SMILES string of the molecule is C=C(C)/C=C(/C#N)C(=C)F. The fourth-order valence-corrected chi connectivity index (χ4v) is 0.418. The normalized spacial score (nSPS) is 10.3. The number of hydrogen-bond donors (Lipinski definition) is 0. The summed E-state index contributed by atoms with van der Waals surface area (Å²) in [5.74, 6) is -0.717. The molecule has 52 valence electrons. The number of rotatable bonds is 2. The summed E-state index contributed by atoms with van der Waals surface area (Å²) in [5, 5.41) is 8.29. The molecule has 0 amide bonds. The highest BCUT2D eigenvalue weighted by molar-refractivity contribution is 5.40. The lowest BCUT2D eigenvalue weighted by atomic mass is 10.2. The minimum atomic E-state index is -0.717.